The number of alkyl halides is 3. The second-order valence-corrected chi connectivity index (χ2v) is 7.04. The molecule has 0 aliphatic carbocycles. The maximum absolute atomic E-state index is 14.5. The first-order valence-electron chi connectivity index (χ1n) is 9.73. The van der Waals surface area contributed by atoms with Crippen molar-refractivity contribution in [3.8, 4) is 22.6 Å². The van der Waals surface area contributed by atoms with Crippen molar-refractivity contribution in [2.24, 2.45) is 0 Å². The number of halogens is 5. The van der Waals surface area contributed by atoms with E-state index in [9.17, 15) is 31.5 Å². The highest BCUT2D eigenvalue weighted by atomic mass is 19.4. The standard InChI is InChI=1S/C24H17F5O5/c1-13(24(27,28)29)33-22(30)19-10-8-17(12-21(19)26)34-23(31)18-9-5-15(11-20(18)25)14-3-6-16(32-2)7-4-14/h3-13H,1-2H3. The van der Waals surface area contributed by atoms with Crippen molar-refractivity contribution < 1.29 is 45.8 Å². The molecule has 1 atom stereocenters. The quantitative estimate of drug-likeness (QED) is 0.247. The summed E-state index contributed by atoms with van der Waals surface area (Å²) < 4.78 is 80.5. The molecule has 0 amide bonds. The molecule has 0 spiro atoms. The Bertz CT molecular complexity index is 1210. The molecule has 0 bridgehead atoms. The molecule has 3 aromatic rings. The van der Waals surface area contributed by atoms with E-state index in [0.717, 1.165) is 18.2 Å². The van der Waals surface area contributed by atoms with Gasteiger partial charge in [-0.15, -0.1) is 0 Å². The molecule has 5 nitrogen and oxygen atoms in total. The Morgan fingerprint density at radius 1 is 0.765 bits per heavy atom. The maximum atomic E-state index is 14.5. The van der Waals surface area contributed by atoms with Crippen LogP contribution in [0, 0.1) is 11.6 Å². The minimum Gasteiger partial charge on any atom is -0.497 e. The molecule has 3 aromatic carbocycles. The van der Waals surface area contributed by atoms with Crippen LogP contribution in [0.5, 0.6) is 11.5 Å². The van der Waals surface area contributed by atoms with Gasteiger partial charge < -0.3 is 14.2 Å². The first kappa shape index (κ1) is 24.7. The van der Waals surface area contributed by atoms with Gasteiger partial charge in [-0.05, 0) is 54.4 Å². The van der Waals surface area contributed by atoms with Crippen LogP contribution in [0.15, 0.2) is 60.7 Å². The van der Waals surface area contributed by atoms with Gasteiger partial charge in [-0.1, -0.05) is 18.2 Å². The van der Waals surface area contributed by atoms with Crippen LogP contribution in [-0.4, -0.2) is 31.3 Å². The fraction of sp³-hybridized carbons (Fsp3) is 0.167. The first-order valence-corrected chi connectivity index (χ1v) is 9.73. The number of benzene rings is 3. The second kappa shape index (κ2) is 9.90. The fourth-order valence-corrected chi connectivity index (χ4v) is 2.82. The molecule has 178 valence electrons. The predicted molar refractivity (Wildman–Crippen MR) is 111 cm³/mol. The van der Waals surface area contributed by atoms with Crippen LogP contribution in [0.1, 0.15) is 27.6 Å². The lowest BCUT2D eigenvalue weighted by molar-refractivity contribution is -0.198. The Kier molecular flexibility index (Phi) is 7.19. The van der Waals surface area contributed by atoms with E-state index in [0.29, 0.717) is 29.9 Å². The third-order valence-electron chi connectivity index (χ3n) is 4.73. The van der Waals surface area contributed by atoms with Crippen LogP contribution < -0.4 is 9.47 Å². The van der Waals surface area contributed by atoms with Crippen LogP contribution >= 0.6 is 0 Å². The van der Waals surface area contributed by atoms with Crippen LogP contribution in [0.2, 0.25) is 0 Å². The van der Waals surface area contributed by atoms with Gasteiger partial charge in [0.25, 0.3) is 0 Å². The molecular formula is C24H17F5O5. The molecule has 0 fully saturated rings. The third kappa shape index (κ3) is 5.69. The van der Waals surface area contributed by atoms with Crippen molar-refractivity contribution in [3.05, 3.63) is 83.4 Å². The number of methoxy groups -OCH3 is 1. The molecule has 0 saturated heterocycles. The van der Waals surface area contributed by atoms with Gasteiger partial charge in [0.1, 0.15) is 23.1 Å². The number of esters is 2. The number of carbonyl (C=O) groups excluding carboxylic acids is 2. The van der Waals surface area contributed by atoms with E-state index < -0.39 is 47.0 Å². The van der Waals surface area contributed by atoms with Crippen molar-refractivity contribution >= 4 is 11.9 Å². The summed E-state index contributed by atoms with van der Waals surface area (Å²) in [7, 11) is 1.51. The molecule has 0 aromatic heterocycles. The summed E-state index contributed by atoms with van der Waals surface area (Å²) in [4.78, 5) is 24.1. The van der Waals surface area contributed by atoms with Crippen molar-refractivity contribution in [2.45, 2.75) is 19.2 Å². The van der Waals surface area contributed by atoms with Crippen molar-refractivity contribution in [1.82, 2.24) is 0 Å². The predicted octanol–water partition coefficient (Wildman–Crippen LogP) is 5.97. The van der Waals surface area contributed by atoms with Crippen LogP contribution in [-0.2, 0) is 4.74 Å². The lowest BCUT2D eigenvalue weighted by Gasteiger charge is -2.16. The summed E-state index contributed by atoms with van der Waals surface area (Å²) in [6.07, 6.45) is -7.25. The van der Waals surface area contributed by atoms with Crippen molar-refractivity contribution in [3.63, 3.8) is 0 Å². The number of hydrogen-bond donors (Lipinski definition) is 0. The second-order valence-electron chi connectivity index (χ2n) is 7.04. The molecule has 3 rings (SSSR count). The van der Waals surface area contributed by atoms with E-state index >= 15 is 0 Å². The van der Waals surface area contributed by atoms with Gasteiger partial charge in [0.05, 0.1) is 18.2 Å². The van der Waals surface area contributed by atoms with Gasteiger partial charge in [0, 0.05) is 6.07 Å². The Morgan fingerprint density at radius 2 is 1.29 bits per heavy atom. The molecule has 0 aliphatic heterocycles. The average molecular weight is 480 g/mol. The summed E-state index contributed by atoms with van der Waals surface area (Å²) in [6, 6.07) is 13.0. The van der Waals surface area contributed by atoms with Crippen LogP contribution in [0.4, 0.5) is 22.0 Å². The molecule has 10 heteroatoms. The van der Waals surface area contributed by atoms with Crippen molar-refractivity contribution in [1.29, 1.82) is 0 Å². The molecule has 0 N–H and O–H groups in total. The number of carbonyl (C=O) groups is 2. The molecule has 0 heterocycles. The van der Waals surface area contributed by atoms with E-state index in [1.54, 1.807) is 24.3 Å². The van der Waals surface area contributed by atoms with E-state index in [4.69, 9.17) is 9.47 Å². The first-order chi connectivity index (χ1) is 16.0. The molecule has 1 unspecified atom stereocenters. The highest BCUT2D eigenvalue weighted by Crippen LogP contribution is 2.27. The fourth-order valence-electron chi connectivity index (χ4n) is 2.82. The molecule has 0 radical (unpaired) electrons. The summed E-state index contributed by atoms with van der Waals surface area (Å²) in [6.45, 7) is 0.598. The monoisotopic (exact) mass is 480 g/mol. The smallest absolute Gasteiger partial charge is 0.425 e. The van der Waals surface area contributed by atoms with Gasteiger partial charge in [-0.2, -0.15) is 13.2 Å². The SMILES string of the molecule is COc1ccc(-c2ccc(C(=O)Oc3ccc(C(=O)OC(C)C(F)(F)F)c(F)c3)c(F)c2)cc1. The highest BCUT2D eigenvalue weighted by Gasteiger charge is 2.39. The van der Waals surface area contributed by atoms with E-state index in [1.807, 2.05) is 0 Å². The van der Waals surface area contributed by atoms with Gasteiger partial charge in [-0.25, -0.2) is 18.4 Å². The van der Waals surface area contributed by atoms with Crippen LogP contribution in [0.3, 0.4) is 0 Å². The van der Waals surface area contributed by atoms with Gasteiger partial charge in [0.15, 0.2) is 6.10 Å². The van der Waals surface area contributed by atoms with E-state index in [2.05, 4.69) is 4.74 Å². The topological polar surface area (TPSA) is 61.8 Å². The number of ether oxygens (including phenoxy) is 3. The molecule has 0 saturated carbocycles. The average Bonchev–Trinajstić information content (AvgIpc) is 2.78. The Labute approximate surface area is 190 Å². The molecular weight excluding hydrogens is 463 g/mol. The normalized spacial score (nSPS) is 12.1. The van der Waals surface area contributed by atoms with Gasteiger partial charge in [-0.3, -0.25) is 0 Å². The highest BCUT2D eigenvalue weighted by molar-refractivity contribution is 5.93. The Balaban J connectivity index is 1.72. The molecule has 0 aliphatic rings. The number of rotatable bonds is 6. The maximum Gasteiger partial charge on any atom is 0.425 e. The molecule has 34 heavy (non-hydrogen) atoms. The lowest BCUT2D eigenvalue weighted by Crippen LogP contribution is -2.31. The van der Waals surface area contributed by atoms with Crippen LogP contribution in [0.25, 0.3) is 11.1 Å². The van der Waals surface area contributed by atoms with Gasteiger partial charge >= 0.3 is 18.1 Å². The summed E-state index contributed by atoms with van der Waals surface area (Å²) in [5, 5.41) is 0. The van der Waals surface area contributed by atoms with Crippen molar-refractivity contribution in [2.75, 3.05) is 7.11 Å². The summed E-state index contributed by atoms with van der Waals surface area (Å²) in [5.41, 5.74) is -0.0613. The van der Waals surface area contributed by atoms with Gasteiger partial charge in [0.2, 0.25) is 0 Å². The lowest BCUT2D eigenvalue weighted by atomic mass is 10.0. The Morgan fingerprint density at radius 3 is 1.85 bits per heavy atom. The zero-order valence-electron chi connectivity index (χ0n) is 17.8. The Hall–Kier alpha value is -3.95. The summed E-state index contributed by atoms with van der Waals surface area (Å²) >= 11 is 0. The minimum absolute atomic E-state index is 0.387. The summed E-state index contributed by atoms with van der Waals surface area (Å²) in [5.74, 6) is -4.62. The van der Waals surface area contributed by atoms with E-state index in [-0.39, 0.29) is 5.75 Å². The third-order valence-corrected chi connectivity index (χ3v) is 4.73. The number of hydrogen-bond acceptors (Lipinski definition) is 5. The zero-order chi connectivity index (χ0) is 25.0. The van der Waals surface area contributed by atoms with E-state index in [1.165, 1.54) is 19.2 Å². The largest absolute Gasteiger partial charge is 0.497 e. The zero-order valence-corrected chi connectivity index (χ0v) is 17.8. The minimum atomic E-state index is -4.81.